The van der Waals surface area contributed by atoms with Crippen molar-refractivity contribution < 1.29 is 13.2 Å². The van der Waals surface area contributed by atoms with Crippen molar-refractivity contribution in [2.45, 2.75) is 25.4 Å². The number of nitrogens with zero attached hydrogens (tertiary/aromatic N) is 1. The van der Waals surface area contributed by atoms with Gasteiger partial charge in [-0.15, -0.1) is 0 Å². The molecule has 0 saturated carbocycles. The Morgan fingerprint density at radius 2 is 2.05 bits per heavy atom. The largest absolute Gasteiger partial charge is 0.497 e. The molecule has 0 spiro atoms. The molecule has 5 nitrogen and oxygen atoms in total. The van der Waals surface area contributed by atoms with Crippen molar-refractivity contribution in [2.75, 3.05) is 26.5 Å². The van der Waals surface area contributed by atoms with Gasteiger partial charge in [-0.25, -0.2) is 12.7 Å². The highest BCUT2D eigenvalue weighted by atomic mass is 32.2. The lowest BCUT2D eigenvalue weighted by molar-refractivity contribution is 0.414. The molecule has 0 aliphatic carbocycles. The molecule has 0 amide bonds. The molecule has 0 aromatic heterocycles. The highest BCUT2D eigenvalue weighted by molar-refractivity contribution is 7.89. The summed E-state index contributed by atoms with van der Waals surface area (Å²) in [5.41, 5.74) is 0.955. The summed E-state index contributed by atoms with van der Waals surface area (Å²) >= 11 is 0. The summed E-state index contributed by atoms with van der Waals surface area (Å²) in [6.45, 7) is 1.31. The Morgan fingerprint density at radius 3 is 2.60 bits per heavy atom. The van der Waals surface area contributed by atoms with E-state index in [0.29, 0.717) is 6.54 Å². The van der Waals surface area contributed by atoms with Crippen molar-refractivity contribution in [3.63, 3.8) is 0 Å². The van der Waals surface area contributed by atoms with Crippen LogP contribution >= 0.6 is 0 Å². The van der Waals surface area contributed by atoms with Gasteiger partial charge in [0.25, 0.3) is 0 Å². The number of ether oxygens (including phenoxy) is 1. The van der Waals surface area contributed by atoms with Gasteiger partial charge in [0.15, 0.2) is 0 Å². The molecule has 0 bridgehead atoms. The quantitative estimate of drug-likeness (QED) is 0.857. The lowest BCUT2D eigenvalue weighted by Gasteiger charge is -2.20. The average Bonchev–Trinajstić information content (AvgIpc) is 2.91. The minimum absolute atomic E-state index is 0.0957. The third-order valence-corrected chi connectivity index (χ3v) is 5.52. The fourth-order valence-electron chi connectivity index (χ4n) is 2.37. The van der Waals surface area contributed by atoms with Gasteiger partial charge in [-0.05, 0) is 37.1 Å². The van der Waals surface area contributed by atoms with Gasteiger partial charge in [-0.2, -0.15) is 0 Å². The van der Waals surface area contributed by atoms with Crippen LogP contribution in [0.25, 0.3) is 0 Å². The van der Waals surface area contributed by atoms with Gasteiger partial charge in [0.05, 0.1) is 12.9 Å². The molecule has 2 rings (SSSR count). The van der Waals surface area contributed by atoms with Gasteiger partial charge in [0, 0.05) is 19.6 Å². The topological polar surface area (TPSA) is 58.6 Å². The normalized spacial score (nSPS) is 19.4. The second kappa shape index (κ2) is 6.56. The molecule has 1 saturated heterocycles. The van der Waals surface area contributed by atoms with Crippen LogP contribution in [-0.2, 0) is 16.6 Å². The average molecular weight is 298 g/mol. The van der Waals surface area contributed by atoms with Crippen molar-refractivity contribution in [1.29, 1.82) is 0 Å². The third kappa shape index (κ3) is 3.94. The first-order valence-corrected chi connectivity index (χ1v) is 8.42. The molecule has 1 unspecified atom stereocenters. The summed E-state index contributed by atoms with van der Waals surface area (Å²) < 4.78 is 31.1. The number of nitrogens with one attached hydrogen (secondary N) is 1. The van der Waals surface area contributed by atoms with Gasteiger partial charge in [0.1, 0.15) is 5.75 Å². The van der Waals surface area contributed by atoms with Gasteiger partial charge in [0.2, 0.25) is 10.0 Å². The minimum atomic E-state index is -3.22. The molecular formula is C14H22N2O3S. The van der Waals surface area contributed by atoms with Crippen LogP contribution in [0.2, 0.25) is 0 Å². The van der Waals surface area contributed by atoms with Crippen LogP contribution in [0.5, 0.6) is 5.75 Å². The molecule has 1 aliphatic rings. The van der Waals surface area contributed by atoms with Crippen LogP contribution in [0.4, 0.5) is 0 Å². The number of sulfonamides is 1. The molecule has 20 heavy (non-hydrogen) atoms. The molecule has 1 aliphatic heterocycles. The molecule has 1 heterocycles. The number of benzene rings is 1. The Bertz CT molecular complexity index is 522. The molecule has 112 valence electrons. The van der Waals surface area contributed by atoms with Gasteiger partial charge in [-0.1, -0.05) is 12.1 Å². The van der Waals surface area contributed by atoms with Crippen molar-refractivity contribution >= 4 is 10.0 Å². The molecule has 6 heteroatoms. The van der Waals surface area contributed by atoms with Crippen molar-refractivity contribution in [3.05, 3.63) is 29.8 Å². The van der Waals surface area contributed by atoms with E-state index in [4.69, 9.17) is 4.74 Å². The Morgan fingerprint density at radius 1 is 1.35 bits per heavy atom. The Hall–Kier alpha value is -1.11. The monoisotopic (exact) mass is 298 g/mol. The Balaban J connectivity index is 1.96. The van der Waals surface area contributed by atoms with Crippen LogP contribution in [0.3, 0.4) is 0 Å². The maximum atomic E-state index is 12.3. The number of methoxy groups -OCH3 is 1. The minimum Gasteiger partial charge on any atom is -0.497 e. The van der Waals surface area contributed by atoms with Gasteiger partial charge < -0.3 is 10.1 Å². The van der Waals surface area contributed by atoms with Crippen molar-refractivity contribution in [3.8, 4) is 5.75 Å². The van der Waals surface area contributed by atoms with E-state index in [9.17, 15) is 8.42 Å². The standard InChI is InChI=1S/C14H22N2O3S/c1-16(10-12-5-7-14(19-2)8-6-12)20(17,18)11-13-4-3-9-15-13/h5-8,13,15H,3-4,9-11H2,1-2H3. The summed E-state index contributed by atoms with van der Waals surface area (Å²) in [5, 5.41) is 3.22. The maximum absolute atomic E-state index is 12.3. The number of hydrogen-bond acceptors (Lipinski definition) is 4. The highest BCUT2D eigenvalue weighted by Gasteiger charge is 2.25. The molecule has 1 atom stereocenters. The summed E-state index contributed by atoms with van der Waals surface area (Å²) in [5.74, 6) is 0.953. The SMILES string of the molecule is COc1ccc(CN(C)S(=O)(=O)CC2CCCN2)cc1. The molecular weight excluding hydrogens is 276 g/mol. The Kier molecular flexibility index (Phi) is 5.01. The summed E-state index contributed by atoms with van der Waals surface area (Å²) in [7, 11) is 0.0267. The van der Waals surface area contributed by atoms with E-state index in [1.807, 2.05) is 24.3 Å². The zero-order chi connectivity index (χ0) is 14.6. The summed E-state index contributed by atoms with van der Waals surface area (Å²) in [6, 6.07) is 7.55. The first-order chi connectivity index (χ1) is 9.51. The van der Waals surface area contributed by atoms with E-state index in [1.165, 1.54) is 4.31 Å². The molecule has 0 radical (unpaired) electrons. The first kappa shape index (κ1) is 15.3. The second-order valence-electron chi connectivity index (χ2n) is 5.18. The number of hydrogen-bond donors (Lipinski definition) is 1. The van der Waals surface area contributed by atoms with E-state index < -0.39 is 10.0 Å². The summed E-state index contributed by atoms with van der Waals surface area (Å²) in [6.07, 6.45) is 2.00. The second-order valence-corrected chi connectivity index (χ2v) is 7.30. The van der Waals surface area contributed by atoms with E-state index in [0.717, 1.165) is 30.7 Å². The summed E-state index contributed by atoms with van der Waals surface area (Å²) in [4.78, 5) is 0. The highest BCUT2D eigenvalue weighted by Crippen LogP contribution is 2.15. The zero-order valence-corrected chi connectivity index (χ0v) is 12.8. The number of rotatable bonds is 6. The fourth-order valence-corrected chi connectivity index (χ4v) is 3.76. The van der Waals surface area contributed by atoms with Crippen LogP contribution in [0.1, 0.15) is 18.4 Å². The van der Waals surface area contributed by atoms with Crippen LogP contribution in [0.15, 0.2) is 24.3 Å². The lowest BCUT2D eigenvalue weighted by atomic mass is 10.2. The van der Waals surface area contributed by atoms with Crippen LogP contribution < -0.4 is 10.1 Å². The molecule has 1 fully saturated rings. The molecule has 1 N–H and O–H groups in total. The third-order valence-electron chi connectivity index (χ3n) is 3.61. The maximum Gasteiger partial charge on any atom is 0.215 e. The van der Waals surface area contributed by atoms with E-state index in [-0.39, 0.29) is 11.8 Å². The first-order valence-electron chi connectivity index (χ1n) is 6.81. The van der Waals surface area contributed by atoms with E-state index in [1.54, 1.807) is 14.2 Å². The Labute approximate surface area is 121 Å². The van der Waals surface area contributed by atoms with Crippen LogP contribution in [-0.4, -0.2) is 45.2 Å². The van der Waals surface area contributed by atoms with Gasteiger partial charge >= 0.3 is 0 Å². The zero-order valence-electron chi connectivity index (χ0n) is 12.0. The predicted octanol–water partition coefficient (Wildman–Crippen LogP) is 1.21. The van der Waals surface area contributed by atoms with E-state index in [2.05, 4.69) is 5.32 Å². The molecule has 1 aromatic rings. The van der Waals surface area contributed by atoms with Crippen molar-refractivity contribution in [1.82, 2.24) is 9.62 Å². The van der Waals surface area contributed by atoms with Crippen LogP contribution in [0, 0.1) is 0 Å². The fraction of sp³-hybridized carbons (Fsp3) is 0.571. The van der Waals surface area contributed by atoms with Gasteiger partial charge in [-0.3, -0.25) is 0 Å². The smallest absolute Gasteiger partial charge is 0.215 e. The van der Waals surface area contributed by atoms with Crippen molar-refractivity contribution in [2.24, 2.45) is 0 Å². The van der Waals surface area contributed by atoms with E-state index >= 15 is 0 Å². The molecule has 1 aromatic carbocycles. The lowest BCUT2D eigenvalue weighted by Crippen LogP contribution is -2.37. The predicted molar refractivity (Wildman–Crippen MR) is 79.3 cm³/mol.